The number of carbonyl (C=O) groups is 2. The normalized spacial score (nSPS) is 11.1. The zero-order chi connectivity index (χ0) is 19.3. The van der Waals surface area contributed by atoms with Gasteiger partial charge < -0.3 is 10.6 Å². The molecule has 0 aliphatic carbocycles. The molecule has 0 unspecified atom stereocenters. The SMILES string of the molecule is Cc1cccc(NC(=O)C(C)(C)C(=O)NCCc2ccc(Cl)cc2Cl)c1. The Morgan fingerprint density at radius 2 is 1.77 bits per heavy atom. The molecule has 0 aliphatic heterocycles. The summed E-state index contributed by atoms with van der Waals surface area (Å²) in [6.45, 7) is 5.52. The largest absolute Gasteiger partial charge is 0.355 e. The van der Waals surface area contributed by atoms with Crippen molar-refractivity contribution in [2.24, 2.45) is 5.41 Å². The summed E-state index contributed by atoms with van der Waals surface area (Å²) in [5.74, 6) is -0.696. The predicted molar refractivity (Wildman–Crippen MR) is 107 cm³/mol. The van der Waals surface area contributed by atoms with Crippen LogP contribution in [0.25, 0.3) is 0 Å². The van der Waals surface area contributed by atoms with Crippen LogP contribution in [0, 0.1) is 12.3 Å². The van der Waals surface area contributed by atoms with Crippen molar-refractivity contribution < 1.29 is 9.59 Å². The number of hydrogen-bond acceptors (Lipinski definition) is 2. The van der Waals surface area contributed by atoms with Crippen molar-refractivity contribution in [1.82, 2.24) is 5.32 Å². The number of halogens is 2. The van der Waals surface area contributed by atoms with Crippen LogP contribution in [-0.4, -0.2) is 18.4 Å². The van der Waals surface area contributed by atoms with E-state index in [0.29, 0.717) is 28.7 Å². The average Bonchev–Trinajstić information content (AvgIpc) is 2.56. The average molecular weight is 393 g/mol. The molecule has 0 spiro atoms. The first kappa shape index (κ1) is 20.3. The van der Waals surface area contributed by atoms with Crippen molar-refractivity contribution >= 4 is 40.7 Å². The molecule has 2 aromatic rings. The zero-order valence-electron chi connectivity index (χ0n) is 15.0. The van der Waals surface area contributed by atoms with E-state index >= 15 is 0 Å². The molecule has 138 valence electrons. The summed E-state index contributed by atoms with van der Waals surface area (Å²) in [4.78, 5) is 25.0. The lowest BCUT2D eigenvalue weighted by Crippen LogP contribution is -2.45. The predicted octanol–water partition coefficient (Wildman–Crippen LogP) is 4.63. The van der Waals surface area contributed by atoms with Gasteiger partial charge in [-0.1, -0.05) is 41.4 Å². The van der Waals surface area contributed by atoms with Gasteiger partial charge in [-0.05, 0) is 62.6 Å². The molecular formula is C20H22Cl2N2O2. The fraction of sp³-hybridized carbons (Fsp3) is 0.300. The van der Waals surface area contributed by atoms with Gasteiger partial charge in [0.25, 0.3) is 0 Å². The van der Waals surface area contributed by atoms with Gasteiger partial charge in [0.15, 0.2) is 0 Å². The Balaban J connectivity index is 1.93. The van der Waals surface area contributed by atoms with Gasteiger partial charge in [0.1, 0.15) is 5.41 Å². The van der Waals surface area contributed by atoms with Gasteiger partial charge in [-0.25, -0.2) is 0 Å². The van der Waals surface area contributed by atoms with Crippen LogP contribution in [0.2, 0.25) is 10.0 Å². The summed E-state index contributed by atoms with van der Waals surface area (Å²) < 4.78 is 0. The fourth-order valence-electron chi connectivity index (χ4n) is 2.37. The third-order valence-electron chi connectivity index (χ3n) is 4.11. The molecular weight excluding hydrogens is 371 g/mol. The molecule has 0 radical (unpaired) electrons. The van der Waals surface area contributed by atoms with Gasteiger partial charge >= 0.3 is 0 Å². The quantitative estimate of drug-likeness (QED) is 0.704. The second-order valence-corrected chi connectivity index (χ2v) is 7.53. The van der Waals surface area contributed by atoms with Crippen molar-refractivity contribution in [2.75, 3.05) is 11.9 Å². The molecule has 0 saturated carbocycles. The molecule has 2 amide bonds. The molecule has 26 heavy (non-hydrogen) atoms. The minimum atomic E-state index is -1.20. The van der Waals surface area contributed by atoms with E-state index in [1.54, 1.807) is 32.0 Å². The number of nitrogens with one attached hydrogen (secondary N) is 2. The summed E-state index contributed by atoms with van der Waals surface area (Å²) in [6.07, 6.45) is 0.553. The Labute approximate surface area is 163 Å². The molecule has 4 nitrogen and oxygen atoms in total. The van der Waals surface area contributed by atoms with Crippen LogP contribution in [0.5, 0.6) is 0 Å². The maximum Gasteiger partial charge on any atom is 0.239 e. The van der Waals surface area contributed by atoms with Gasteiger partial charge in [0, 0.05) is 22.3 Å². The molecule has 0 aromatic heterocycles. The molecule has 0 atom stereocenters. The van der Waals surface area contributed by atoms with Crippen LogP contribution >= 0.6 is 23.2 Å². The monoisotopic (exact) mass is 392 g/mol. The third-order valence-corrected chi connectivity index (χ3v) is 4.69. The maximum absolute atomic E-state index is 12.5. The van der Waals surface area contributed by atoms with E-state index in [1.807, 2.05) is 31.2 Å². The molecule has 0 aliphatic rings. The summed E-state index contributed by atoms with van der Waals surface area (Å²) >= 11 is 12.0. The van der Waals surface area contributed by atoms with E-state index in [9.17, 15) is 9.59 Å². The first-order chi connectivity index (χ1) is 12.2. The highest BCUT2D eigenvalue weighted by atomic mass is 35.5. The minimum Gasteiger partial charge on any atom is -0.355 e. The maximum atomic E-state index is 12.5. The highest BCUT2D eigenvalue weighted by Gasteiger charge is 2.35. The van der Waals surface area contributed by atoms with E-state index in [-0.39, 0.29) is 11.8 Å². The fourth-order valence-corrected chi connectivity index (χ4v) is 2.87. The topological polar surface area (TPSA) is 58.2 Å². The molecule has 2 aromatic carbocycles. The summed E-state index contributed by atoms with van der Waals surface area (Å²) in [5, 5.41) is 6.72. The van der Waals surface area contributed by atoms with Crippen LogP contribution < -0.4 is 10.6 Å². The number of carbonyl (C=O) groups excluding carboxylic acids is 2. The van der Waals surface area contributed by atoms with E-state index < -0.39 is 5.41 Å². The lowest BCUT2D eigenvalue weighted by atomic mass is 9.90. The van der Waals surface area contributed by atoms with Crippen molar-refractivity contribution in [3.05, 3.63) is 63.6 Å². The molecule has 0 heterocycles. The van der Waals surface area contributed by atoms with Crippen LogP contribution in [-0.2, 0) is 16.0 Å². The zero-order valence-corrected chi connectivity index (χ0v) is 16.5. The smallest absolute Gasteiger partial charge is 0.239 e. The first-order valence-electron chi connectivity index (χ1n) is 8.30. The van der Waals surface area contributed by atoms with Crippen LogP contribution in [0.3, 0.4) is 0 Å². The van der Waals surface area contributed by atoms with E-state index in [4.69, 9.17) is 23.2 Å². The van der Waals surface area contributed by atoms with Gasteiger partial charge in [0.2, 0.25) is 11.8 Å². The lowest BCUT2D eigenvalue weighted by molar-refractivity contribution is -0.138. The highest BCUT2D eigenvalue weighted by molar-refractivity contribution is 6.35. The first-order valence-corrected chi connectivity index (χ1v) is 9.06. The number of hydrogen-bond donors (Lipinski definition) is 2. The summed E-state index contributed by atoms with van der Waals surface area (Å²) in [7, 11) is 0. The Morgan fingerprint density at radius 1 is 1.04 bits per heavy atom. The number of amides is 2. The van der Waals surface area contributed by atoms with Gasteiger partial charge in [-0.3, -0.25) is 9.59 Å². The van der Waals surface area contributed by atoms with E-state index in [2.05, 4.69) is 10.6 Å². The van der Waals surface area contributed by atoms with Crippen molar-refractivity contribution in [3.8, 4) is 0 Å². The Kier molecular flexibility index (Phi) is 6.68. The Bertz CT molecular complexity index is 819. The van der Waals surface area contributed by atoms with Crippen LogP contribution in [0.15, 0.2) is 42.5 Å². The van der Waals surface area contributed by atoms with Crippen LogP contribution in [0.4, 0.5) is 5.69 Å². The molecule has 0 bridgehead atoms. The Morgan fingerprint density at radius 3 is 2.42 bits per heavy atom. The summed E-state index contributed by atoms with van der Waals surface area (Å²) in [6, 6.07) is 12.7. The van der Waals surface area contributed by atoms with Crippen molar-refractivity contribution in [2.45, 2.75) is 27.2 Å². The number of benzene rings is 2. The number of rotatable bonds is 6. The molecule has 2 N–H and O–H groups in total. The van der Waals surface area contributed by atoms with E-state index in [1.165, 1.54) is 0 Å². The second-order valence-electron chi connectivity index (χ2n) is 6.69. The highest BCUT2D eigenvalue weighted by Crippen LogP contribution is 2.22. The lowest BCUT2D eigenvalue weighted by Gasteiger charge is -2.23. The van der Waals surface area contributed by atoms with E-state index in [0.717, 1.165) is 11.1 Å². The molecule has 6 heteroatoms. The molecule has 2 rings (SSSR count). The van der Waals surface area contributed by atoms with Crippen LogP contribution in [0.1, 0.15) is 25.0 Å². The number of aryl methyl sites for hydroxylation is 1. The number of anilines is 1. The molecule has 0 fully saturated rings. The minimum absolute atomic E-state index is 0.340. The van der Waals surface area contributed by atoms with Crippen molar-refractivity contribution in [3.63, 3.8) is 0 Å². The third kappa shape index (κ3) is 5.23. The van der Waals surface area contributed by atoms with Gasteiger partial charge in [0.05, 0.1) is 0 Å². The standard InChI is InChI=1S/C20H22Cl2N2O2/c1-13-5-4-6-16(11-13)24-19(26)20(2,3)18(25)23-10-9-14-7-8-15(21)12-17(14)22/h4-8,11-12H,9-10H2,1-3H3,(H,23,25)(H,24,26). The van der Waals surface area contributed by atoms with Crippen molar-refractivity contribution in [1.29, 1.82) is 0 Å². The molecule has 0 saturated heterocycles. The Hall–Kier alpha value is -2.04. The summed E-state index contributed by atoms with van der Waals surface area (Å²) in [5.41, 5.74) is 1.39. The van der Waals surface area contributed by atoms with Gasteiger partial charge in [-0.2, -0.15) is 0 Å². The van der Waals surface area contributed by atoms with Gasteiger partial charge in [-0.15, -0.1) is 0 Å². The second kappa shape index (κ2) is 8.56.